The van der Waals surface area contributed by atoms with Crippen LogP contribution in [0.3, 0.4) is 0 Å². The van der Waals surface area contributed by atoms with Gasteiger partial charge in [0.2, 0.25) is 0 Å². The number of nitrogens with zero attached hydrogens (tertiary/aromatic N) is 1. The highest BCUT2D eigenvalue weighted by molar-refractivity contribution is 5.99. The Morgan fingerprint density at radius 2 is 2.40 bits per heavy atom. The van der Waals surface area contributed by atoms with Crippen LogP contribution in [-0.4, -0.2) is 30.4 Å². The molecule has 0 rings (SSSR count). The second-order valence-corrected chi connectivity index (χ2v) is 1.61. The molecule has 0 aliphatic carbocycles. The van der Waals surface area contributed by atoms with Crippen molar-refractivity contribution in [3.05, 3.63) is 0 Å². The minimum atomic E-state index is -0.957. The van der Waals surface area contributed by atoms with E-state index < -0.39 is 5.97 Å². The predicted molar refractivity (Wildman–Crippen MR) is 35.8 cm³/mol. The average Bonchev–Trinajstić information content (AvgIpc) is 1.86. The number of carboxylic acid groups (broad SMARTS) is 1. The van der Waals surface area contributed by atoms with Crippen molar-refractivity contribution in [3.8, 4) is 0 Å². The molecule has 0 heterocycles. The molecule has 0 amide bonds. The van der Waals surface area contributed by atoms with E-state index in [0.29, 0.717) is 5.71 Å². The third-order valence-corrected chi connectivity index (χ3v) is 0.811. The molecule has 0 radical (unpaired) electrons. The molecule has 5 nitrogen and oxygen atoms in total. The molecule has 58 valence electrons. The summed E-state index contributed by atoms with van der Waals surface area (Å²) in [6.45, 7) is 0.111. The third-order valence-electron chi connectivity index (χ3n) is 0.811. The van der Waals surface area contributed by atoms with E-state index in [1.807, 2.05) is 0 Å². The fourth-order valence-corrected chi connectivity index (χ4v) is 0.445. The Bertz CT molecular complexity index is 144. The number of hydrogen-bond acceptors (Lipinski definition) is 4. The van der Waals surface area contributed by atoms with Gasteiger partial charge in [-0.25, -0.2) is 0 Å². The van der Waals surface area contributed by atoms with Gasteiger partial charge in [-0.15, -0.1) is 0 Å². The van der Waals surface area contributed by atoms with Gasteiger partial charge in [0.15, 0.2) is 0 Å². The molecule has 0 aromatic heterocycles. The van der Waals surface area contributed by atoms with Gasteiger partial charge in [0.25, 0.3) is 0 Å². The monoisotopic (exact) mass is 146 g/mol. The van der Waals surface area contributed by atoms with E-state index in [1.54, 1.807) is 0 Å². The van der Waals surface area contributed by atoms with Crippen LogP contribution in [0.4, 0.5) is 0 Å². The minimum absolute atomic E-state index is 0.111. The number of oxime groups is 1. The Morgan fingerprint density at radius 1 is 1.80 bits per heavy atom. The van der Waals surface area contributed by atoms with Crippen LogP contribution in [0.25, 0.3) is 0 Å². The van der Waals surface area contributed by atoms with Crippen LogP contribution < -0.4 is 5.73 Å². The lowest BCUT2D eigenvalue weighted by Crippen LogP contribution is -2.17. The molecule has 0 saturated heterocycles. The maximum atomic E-state index is 10.1. The van der Waals surface area contributed by atoms with Gasteiger partial charge in [-0.05, 0) is 0 Å². The lowest BCUT2D eigenvalue weighted by atomic mass is 10.3. The molecule has 5 heteroatoms. The standard InChI is InChI=1S/C5H10N2O3/c1-10-7-4(3-6)2-5(8)9/h2-3,6H2,1H3,(H,8,9). The van der Waals surface area contributed by atoms with E-state index in [4.69, 9.17) is 10.8 Å². The average molecular weight is 146 g/mol. The fraction of sp³-hybridized carbons (Fsp3) is 0.600. The zero-order valence-corrected chi connectivity index (χ0v) is 5.70. The summed E-state index contributed by atoms with van der Waals surface area (Å²) < 4.78 is 0. The molecule has 0 unspecified atom stereocenters. The van der Waals surface area contributed by atoms with E-state index >= 15 is 0 Å². The van der Waals surface area contributed by atoms with Crippen molar-refractivity contribution in [3.63, 3.8) is 0 Å². The molecule has 0 saturated carbocycles. The van der Waals surface area contributed by atoms with Gasteiger partial charge in [0.05, 0.1) is 12.1 Å². The van der Waals surface area contributed by atoms with E-state index in [-0.39, 0.29) is 13.0 Å². The lowest BCUT2D eigenvalue weighted by Gasteiger charge is -1.96. The molecule has 0 aliphatic heterocycles. The van der Waals surface area contributed by atoms with Crippen molar-refractivity contribution in [1.29, 1.82) is 0 Å². The third kappa shape index (κ3) is 3.85. The Kier molecular flexibility index (Phi) is 4.23. The Morgan fingerprint density at radius 3 is 2.70 bits per heavy atom. The number of rotatable bonds is 4. The van der Waals surface area contributed by atoms with Gasteiger partial charge < -0.3 is 15.7 Å². The highest BCUT2D eigenvalue weighted by Gasteiger charge is 2.03. The van der Waals surface area contributed by atoms with E-state index in [0.717, 1.165) is 0 Å². The van der Waals surface area contributed by atoms with Crippen molar-refractivity contribution in [2.75, 3.05) is 13.7 Å². The summed E-state index contributed by atoms with van der Waals surface area (Å²) in [6, 6.07) is 0. The first-order valence-electron chi connectivity index (χ1n) is 2.71. The molecule has 0 bridgehead atoms. The van der Waals surface area contributed by atoms with E-state index in [2.05, 4.69) is 9.99 Å². The van der Waals surface area contributed by atoms with Crippen molar-refractivity contribution in [1.82, 2.24) is 0 Å². The highest BCUT2D eigenvalue weighted by Crippen LogP contribution is 1.85. The molecule has 3 N–H and O–H groups in total. The predicted octanol–water partition coefficient (Wildman–Crippen LogP) is -0.578. The molecule has 0 aliphatic rings. The minimum Gasteiger partial charge on any atom is -0.481 e. The first kappa shape index (κ1) is 8.90. The summed E-state index contributed by atoms with van der Waals surface area (Å²) in [7, 11) is 1.34. The number of nitrogens with two attached hydrogens (primary N) is 1. The van der Waals surface area contributed by atoms with Crippen LogP contribution >= 0.6 is 0 Å². The largest absolute Gasteiger partial charge is 0.481 e. The van der Waals surface area contributed by atoms with Crippen LogP contribution in [0, 0.1) is 0 Å². The van der Waals surface area contributed by atoms with Gasteiger partial charge in [-0.3, -0.25) is 4.79 Å². The summed E-state index contributed by atoms with van der Waals surface area (Å²) in [5.41, 5.74) is 5.46. The molecular formula is C5H10N2O3. The summed E-state index contributed by atoms with van der Waals surface area (Å²) in [4.78, 5) is 14.4. The molecule has 0 fully saturated rings. The SMILES string of the molecule is CON=C(CN)CC(=O)O. The number of carboxylic acids is 1. The quantitative estimate of drug-likeness (QED) is 0.410. The zero-order chi connectivity index (χ0) is 7.98. The number of carbonyl (C=O) groups is 1. The van der Waals surface area contributed by atoms with Gasteiger partial charge in [-0.1, -0.05) is 5.16 Å². The topological polar surface area (TPSA) is 84.9 Å². The van der Waals surface area contributed by atoms with Crippen LogP contribution in [-0.2, 0) is 9.63 Å². The van der Waals surface area contributed by atoms with Gasteiger partial charge in [0, 0.05) is 6.54 Å². The normalized spacial score (nSPS) is 11.2. The van der Waals surface area contributed by atoms with Crippen LogP contribution in [0.1, 0.15) is 6.42 Å². The lowest BCUT2D eigenvalue weighted by molar-refractivity contribution is -0.135. The maximum Gasteiger partial charge on any atom is 0.309 e. The maximum absolute atomic E-state index is 10.1. The summed E-state index contributed by atoms with van der Waals surface area (Å²) in [6.07, 6.45) is -0.162. The number of aliphatic carboxylic acids is 1. The van der Waals surface area contributed by atoms with Crippen molar-refractivity contribution >= 4 is 11.7 Å². The molecule has 0 spiro atoms. The number of hydrogen-bond donors (Lipinski definition) is 2. The Balaban J connectivity index is 3.83. The fourth-order valence-electron chi connectivity index (χ4n) is 0.445. The van der Waals surface area contributed by atoms with Gasteiger partial charge in [0.1, 0.15) is 7.11 Å². The first-order valence-corrected chi connectivity index (χ1v) is 2.71. The van der Waals surface area contributed by atoms with E-state index in [1.165, 1.54) is 7.11 Å². The second kappa shape index (κ2) is 4.75. The Labute approximate surface area is 58.5 Å². The molecule has 0 aromatic rings. The highest BCUT2D eigenvalue weighted by atomic mass is 16.6. The van der Waals surface area contributed by atoms with Crippen molar-refractivity contribution < 1.29 is 14.7 Å². The molecule has 0 atom stereocenters. The van der Waals surface area contributed by atoms with E-state index in [9.17, 15) is 4.79 Å². The summed E-state index contributed by atoms with van der Waals surface area (Å²) in [5.74, 6) is -0.957. The summed E-state index contributed by atoms with van der Waals surface area (Å²) >= 11 is 0. The van der Waals surface area contributed by atoms with Crippen molar-refractivity contribution in [2.45, 2.75) is 6.42 Å². The van der Waals surface area contributed by atoms with Crippen LogP contribution in [0.5, 0.6) is 0 Å². The summed E-state index contributed by atoms with van der Waals surface area (Å²) in [5, 5.41) is 11.6. The zero-order valence-electron chi connectivity index (χ0n) is 5.70. The van der Waals surface area contributed by atoms with Crippen molar-refractivity contribution in [2.24, 2.45) is 10.9 Å². The first-order chi connectivity index (χ1) is 4.70. The molecular weight excluding hydrogens is 136 g/mol. The smallest absolute Gasteiger partial charge is 0.309 e. The molecule has 0 aromatic carbocycles. The van der Waals surface area contributed by atoms with Gasteiger partial charge in [-0.2, -0.15) is 0 Å². The van der Waals surface area contributed by atoms with Crippen LogP contribution in [0.15, 0.2) is 5.16 Å². The second-order valence-electron chi connectivity index (χ2n) is 1.61. The Hall–Kier alpha value is -1.10. The van der Waals surface area contributed by atoms with Gasteiger partial charge >= 0.3 is 5.97 Å². The van der Waals surface area contributed by atoms with Crippen LogP contribution in [0.2, 0.25) is 0 Å². The molecule has 10 heavy (non-hydrogen) atoms.